The summed E-state index contributed by atoms with van der Waals surface area (Å²) in [4.78, 5) is 0.978. The first-order valence-corrected chi connectivity index (χ1v) is 6.68. The van der Waals surface area contributed by atoms with Crippen molar-refractivity contribution < 1.29 is 0 Å². The predicted molar refractivity (Wildman–Crippen MR) is 71.8 cm³/mol. The van der Waals surface area contributed by atoms with Gasteiger partial charge in [-0.15, -0.1) is 5.10 Å². The fourth-order valence-corrected chi connectivity index (χ4v) is 2.63. The molecule has 0 aliphatic heterocycles. The van der Waals surface area contributed by atoms with E-state index in [1.165, 1.54) is 11.5 Å². The van der Waals surface area contributed by atoms with Gasteiger partial charge in [-0.1, -0.05) is 40.7 Å². The molecule has 0 spiro atoms. The number of hydrogen-bond acceptors (Lipinski definition) is 4. The highest BCUT2D eigenvalue weighted by Crippen LogP contribution is 2.29. The normalized spacial score (nSPS) is 12.7. The van der Waals surface area contributed by atoms with Crippen LogP contribution in [0.5, 0.6) is 0 Å². The summed E-state index contributed by atoms with van der Waals surface area (Å²) in [6, 6.07) is 5.16. The van der Waals surface area contributed by atoms with E-state index in [1.807, 2.05) is 13.0 Å². The molecule has 1 atom stereocenters. The Labute approximate surface area is 114 Å². The van der Waals surface area contributed by atoms with Crippen LogP contribution in [0.4, 0.5) is 0 Å². The molecule has 1 heterocycles. The lowest BCUT2D eigenvalue weighted by atomic mass is 10.0. The van der Waals surface area contributed by atoms with Gasteiger partial charge in [-0.3, -0.25) is 0 Å². The van der Waals surface area contributed by atoms with Gasteiger partial charge in [0.15, 0.2) is 0 Å². The molecule has 0 radical (unpaired) electrons. The van der Waals surface area contributed by atoms with Crippen molar-refractivity contribution in [3.05, 3.63) is 44.4 Å². The van der Waals surface area contributed by atoms with Gasteiger partial charge in [-0.2, -0.15) is 0 Å². The van der Waals surface area contributed by atoms with Crippen LogP contribution in [0.1, 0.15) is 29.1 Å². The molecule has 2 rings (SSSR count). The Morgan fingerprint density at radius 3 is 2.76 bits per heavy atom. The van der Waals surface area contributed by atoms with Gasteiger partial charge in [0.1, 0.15) is 0 Å². The molecule has 0 bridgehead atoms. The molecule has 17 heavy (non-hydrogen) atoms. The highest BCUT2D eigenvalue weighted by Gasteiger charge is 2.17. The molecule has 6 heteroatoms. The van der Waals surface area contributed by atoms with Crippen molar-refractivity contribution in [2.24, 2.45) is 5.73 Å². The van der Waals surface area contributed by atoms with Gasteiger partial charge in [0.05, 0.1) is 26.7 Å². The summed E-state index contributed by atoms with van der Waals surface area (Å²) in [6.45, 7) is 2.03. The molecule has 0 amide bonds. The zero-order valence-electron chi connectivity index (χ0n) is 9.15. The summed E-state index contributed by atoms with van der Waals surface area (Å²) >= 11 is 13.2. The van der Waals surface area contributed by atoms with Crippen LogP contribution in [0.15, 0.2) is 18.2 Å². The second-order valence-corrected chi connectivity index (χ2v) is 5.19. The molecule has 0 aliphatic rings. The van der Waals surface area contributed by atoms with Gasteiger partial charge in [-0.25, -0.2) is 0 Å². The van der Waals surface area contributed by atoms with Gasteiger partial charge in [0, 0.05) is 0 Å². The monoisotopic (exact) mass is 287 g/mol. The zero-order chi connectivity index (χ0) is 12.4. The largest absolute Gasteiger partial charge is 0.319 e. The smallest absolute Gasteiger partial charge is 0.0804 e. The van der Waals surface area contributed by atoms with Crippen LogP contribution in [0.3, 0.4) is 0 Å². The Morgan fingerprint density at radius 2 is 2.12 bits per heavy atom. The third-order valence-electron chi connectivity index (χ3n) is 2.51. The summed E-state index contributed by atoms with van der Waals surface area (Å²) in [7, 11) is 0. The summed E-state index contributed by atoms with van der Waals surface area (Å²) < 4.78 is 3.93. The molecule has 0 fully saturated rings. The highest BCUT2D eigenvalue weighted by atomic mass is 35.5. The van der Waals surface area contributed by atoms with E-state index in [0.717, 1.165) is 22.6 Å². The van der Waals surface area contributed by atoms with Crippen molar-refractivity contribution >= 4 is 34.7 Å². The maximum atomic E-state index is 6.18. The van der Waals surface area contributed by atoms with Crippen LogP contribution < -0.4 is 5.73 Å². The molecule has 0 saturated heterocycles. The summed E-state index contributed by atoms with van der Waals surface area (Å²) in [5.41, 5.74) is 8.04. The fourth-order valence-electron chi connectivity index (χ4n) is 1.55. The number of aromatic nitrogens is 2. The van der Waals surface area contributed by atoms with Gasteiger partial charge in [-0.05, 0) is 35.6 Å². The number of rotatable bonds is 3. The van der Waals surface area contributed by atoms with E-state index in [2.05, 4.69) is 9.59 Å². The number of halogens is 2. The second kappa shape index (κ2) is 5.31. The van der Waals surface area contributed by atoms with Crippen molar-refractivity contribution in [3.63, 3.8) is 0 Å². The van der Waals surface area contributed by atoms with Crippen LogP contribution in [-0.4, -0.2) is 9.59 Å². The number of hydrogen-bond donors (Lipinski definition) is 1. The second-order valence-electron chi connectivity index (χ2n) is 3.59. The summed E-state index contributed by atoms with van der Waals surface area (Å²) in [5, 5.41) is 5.09. The zero-order valence-corrected chi connectivity index (χ0v) is 11.5. The Hall–Kier alpha value is -0.680. The predicted octanol–water partition coefficient (Wildman–Crippen LogP) is 3.46. The van der Waals surface area contributed by atoms with E-state index in [-0.39, 0.29) is 6.04 Å². The lowest BCUT2D eigenvalue weighted by Crippen LogP contribution is -2.12. The molecule has 2 N–H and O–H groups in total. The standard InChI is InChI=1S/C11H11Cl2N3S/c1-2-9-11(17-16-15-9)10(14)6-3-4-7(12)8(13)5-6/h3-5,10H,2,14H2,1H3. The molecule has 0 aliphatic carbocycles. The highest BCUT2D eigenvalue weighted by molar-refractivity contribution is 7.05. The molecular formula is C11H11Cl2N3S. The Kier molecular flexibility index (Phi) is 3.99. The number of aryl methyl sites for hydroxylation is 1. The maximum Gasteiger partial charge on any atom is 0.0804 e. The molecule has 3 nitrogen and oxygen atoms in total. The number of nitrogens with zero attached hydrogens (tertiary/aromatic N) is 2. The summed E-state index contributed by atoms with van der Waals surface area (Å²) in [5.74, 6) is 0. The van der Waals surface area contributed by atoms with E-state index < -0.39 is 0 Å². The number of nitrogens with two attached hydrogens (primary N) is 1. The van der Waals surface area contributed by atoms with Crippen LogP contribution in [0.25, 0.3) is 0 Å². The minimum Gasteiger partial charge on any atom is -0.319 e. The van der Waals surface area contributed by atoms with Crippen LogP contribution >= 0.6 is 34.7 Å². The van der Waals surface area contributed by atoms with Crippen molar-refractivity contribution in [1.82, 2.24) is 9.59 Å². The van der Waals surface area contributed by atoms with Crippen molar-refractivity contribution in [3.8, 4) is 0 Å². The van der Waals surface area contributed by atoms with Gasteiger partial charge >= 0.3 is 0 Å². The molecule has 0 saturated carbocycles. The molecule has 1 aromatic carbocycles. The topological polar surface area (TPSA) is 51.8 Å². The van der Waals surface area contributed by atoms with Gasteiger partial charge in [0.25, 0.3) is 0 Å². The van der Waals surface area contributed by atoms with E-state index in [4.69, 9.17) is 28.9 Å². The lowest BCUT2D eigenvalue weighted by Gasteiger charge is -2.11. The first-order chi connectivity index (χ1) is 8.13. The first kappa shape index (κ1) is 12.8. The minimum atomic E-state index is -0.250. The Morgan fingerprint density at radius 1 is 1.35 bits per heavy atom. The average Bonchev–Trinajstić information content (AvgIpc) is 2.80. The Bertz CT molecular complexity index is 527. The van der Waals surface area contributed by atoms with Crippen LogP contribution in [0, 0.1) is 0 Å². The van der Waals surface area contributed by atoms with Crippen molar-refractivity contribution in [2.45, 2.75) is 19.4 Å². The minimum absolute atomic E-state index is 0.250. The molecular weight excluding hydrogens is 277 g/mol. The lowest BCUT2D eigenvalue weighted by molar-refractivity contribution is 0.854. The third-order valence-corrected chi connectivity index (χ3v) is 4.09. The molecule has 2 aromatic rings. The van der Waals surface area contributed by atoms with Crippen molar-refractivity contribution in [2.75, 3.05) is 0 Å². The van der Waals surface area contributed by atoms with Crippen LogP contribution in [0.2, 0.25) is 10.0 Å². The van der Waals surface area contributed by atoms with Crippen molar-refractivity contribution in [1.29, 1.82) is 0 Å². The Balaban J connectivity index is 2.36. The quantitative estimate of drug-likeness (QED) is 0.941. The fraction of sp³-hybridized carbons (Fsp3) is 0.273. The van der Waals surface area contributed by atoms with Crippen LogP contribution in [-0.2, 0) is 6.42 Å². The molecule has 1 aromatic heterocycles. The van der Waals surface area contributed by atoms with Gasteiger partial charge in [0.2, 0.25) is 0 Å². The van der Waals surface area contributed by atoms with E-state index in [1.54, 1.807) is 12.1 Å². The SMILES string of the molecule is CCc1nnsc1C(N)c1ccc(Cl)c(Cl)c1. The summed E-state index contributed by atoms with van der Waals surface area (Å²) in [6.07, 6.45) is 0.820. The average molecular weight is 288 g/mol. The van der Waals surface area contributed by atoms with Gasteiger partial charge < -0.3 is 5.73 Å². The maximum absolute atomic E-state index is 6.18. The van der Waals surface area contributed by atoms with E-state index >= 15 is 0 Å². The van der Waals surface area contributed by atoms with E-state index in [0.29, 0.717) is 10.0 Å². The number of benzene rings is 1. The molecule has 1 unspecified atom stereocenters. The first-order valence-electron chi connectivity index (χ1n) is 5.15. The third kappa shape index (κ3) is 2.60. The van der Waals surface area contributed by atoms with E-state index in [9.17, 15) is 0 Å². The molecule has 90 valence electrons.